The second kappa shape index (κ2) is 18.1. The van der Waals surface area contributed by atoms with Crippen molar-refractivity contribution in [2.24, 2.45) is 0 Å². The summed E-state index contributed by atoms with van der Waals surface area (Å²) in [6.45, 7) is 1.06. The fourth-order valence-electron chi connectivity index (χ4n) is 5.52. The van der Waals surface area contributed by atoms with Gasteiger partial charge in [-0.1, -0.05) is 36.4 Å². The number of imidazole rings is 1. The van der Waals surface area contributed by atoms with Crippen LogP contribution in [0.15, 0.2) is 67.1 Å². The first-order valence-corrected chi connectivity index (χ1v) is 15.1. The summed E-state index contributed by atoms with van der Waals surface area (Å²) in [5.74, 6) is -0.667. The van der Waals surface area contributed by atoms with Gasteiger partial charge in [-0.3, -0.25) is 24.5 Å². The lowest BCUT2D eigenvalue weighted by Crippen LogP contribution is -2.49. The third-order valence-electron chi connectivity index (χ3n) is 7.84. The van der Waals surface area contributed by atoms with Crippen molar-refractivity contribution >= 4 is 48.4 Å². The summed E-state index contributed by atoms with van der Waals surface area (Å²) in [6.07, 6.45) is 6.06. The van der Waals surface area contributed by atoms with E-state index in [0.29, 0.717) is 49.4 Å². The first-order valence-electron chi connectivity index (χ1n) is 15.1. The van der Waals surface area contributed by atoms with Crippen LogP contribution in [0.3, 0.4) is 0 Å². The van der Waals surface area contributed by atoms with E-state index in [1.165, 1.54) is 6.33 Å². The molecule has 2 aliphatic heterocycles. The number of nitrogens with zero attached hydrogens (tertiary/aromatic N) is 2. The Labute approximate surface area is 280 Å². The second-order valence-electron chi connectivity index (χ2n) is 11.1. The highest BCUT2D eigenvalue weighted by molar-refractivity contribution is 5.98. The zero-order valence-corrected chi connectivity index (χ0v) is 27.0. The molecule has 2 bridgehead atoms. The van der Waals surface area contributed by atoms with Gasteiger partial charge in [-0.2, -0.15) is 0 Å². The number of halogens is 2. The Morgan fingerprint density at radius 1 is 0.957 bits per heavy atom. The Morgan fingerprint density at radius 3 is 2.57 bits per heavy atom. The molecule has 3 heterocycles. The summed E-state index contributed by atoms with van der Waals surface area (Å²) < 4.78 is 5.77. The van der Waals surface area contributed by atoms with E-state index in [1.54, 1.807) is 35.4 Å². The number of carbonyl (C=O) groups excluding carboxylic acids is 4. The van der Waals surface area contributed by atoms with Crippen LogP contribution in [0, 0.1) is 0 Å². The number of nitrogens with one attached hydrogen (secondary N) is 5. The molecule has 0 aliphatic carbocycles. The average molecular weight is 675 g/mol. The highest BCUT2D eigenvalue weighted by Gasteiger charge is 2.33. The first kappa shape index (κ1) is 36.3. The van der Waals surface area contributed by atoms with Gasteiger partial charge in [0.2, 0.25) is 17.7 Å². The molecule has 0 spiro atoms. The maximum Gasteiger partial charge on any atom is 0.252 e. The van der Waals surface area contributed by atoms with Crippen LogP contribution < -0.4 is 26.0 Å². The zero-order chi connectivity index (χ0) is 30.7. The Hall–Kier alpha value is -4.13. The van der Waals surface area contributed by atoms with Crippen LogP contribution in [0.1, 0.15) is 53.3 Å². The number of hydrogen-bond acceptors (Lipinski definition) is 7. The van der Waals surface area contributed by atoms with E-state index in [2.05, 4.69) is 31.2 Å². The quantitative estimate of drug-likeness (QED) is 0.284. The van der Waals surface area contributed by atoms with E-state index in [1.807, 2.05) is 30.3 Å². The molecule has 1 unspecified atom stereocenters. The minimum absolute atomic E-state index is 0. The minimum Gasteiger partial charge on any atom is -0.492 e. The van der Waals surface area contributed by atoms with Crippen molar-refractivity contribution in [3.05, 3.63) is 83.9 Å². The van der Waals surface area contributed by atoms with Crippen molar-refractivity contribution in [3.63, 3.8) is 0 Å². The molecule has 2 aromatic carbocycles. The number of benzene rings is 2. The van der Waals surface area contributed by atoms with Gasteiger partial charge in [-0.05, 0) is 49.4 Å². The molecule has 3 aromatic rings. The SMILES string of the molecule is Cl.Cl.O=C1CN(C(=O)[C@H]2CC[C@H](c3ccccc3)N2)CCCCNC(=O)C(Cc2cnc[nH]2)NC(=O)c2cccc(c2)OCCN1. The van der Waals surface area contributed by atoms with Crippen LogP contribution in [0.5, 0.6) is 5.75 Å². The van der Waals surface area contributed by atoms with Gasteiger partial charge >= 0.3 is 0 Å². The maximum absolute atomic E-state index is 13.6. The van der Waals surface area contributed by atoms with Crippen LogP contribution in [0.25, 0.3) is 0 Å². The fraction of sp³-hybridized carbons (Fsp3) is 0.406. The monoisotopic (exact) mass is 673 g/mol. The number of rotatable bonds is 4. The third-order valence-corrected chi connectivity index (χ3v) is 7.84. The molecule has 1 fully saturated rings. The lowest BCUT2D eigenvalue weighted by molar-refractivity contribution is -0.137. The van der Waals surface area contributed by atoms with Crippen molar-refractivity contribution in [1.82, 2.24) is 36.1 Å². The molecular formula is C32H41Cl2N7O5. The van der Waals surface area contributed by atoms with E-state index in [-0.39, 0.29) is 80.7 Å². The molecule has 0 radical (unpaired) electrons. The average Bonchev–Trinajstić information content (AvgIpc) is 3.75. The Morgan fingerprint density at radius 2 is 1.78 bits per heavy atom. The van der Waals surface area contributed by atoms with Crippen LogP contribution >= 0.6 is 24.8 Å². The number of amides is 4. The molecule has 5 rings (SSSR count). The molecule has 5 N–H and O–H groups in total. The van der Waals surface area contributed by atoms with Crippen LogP contribution in [0.4, 0.5) is 0 Å². The van der Waals surface area contributed by atoms with E-state index in [4.69, 9.17) is 4.74 Å². The molecule has 1 aromatic heterocycles. The number of carbonyl (C=O) groups is 4. The zero-order valence-electron chi connectivity index (χ0n) is 25.4. The normalized spacial score (nSPS) is 21.4. The largest absolute Gasteiger partial charge is 0.492 e. The van der Waals surface area contributed by atoms with Crippen molar-refractivity contribution in [3.8, 4) is 5.75 Å². The van der Waals surface area contributed by atoms with Crippen molar-refractivity contribution in [1.29, 1.82) is 0 Å². The molecule has 4 amide bonds. The van der Waals surface area contributed by atoms with Crippen LogP contribution in [-0.2, 0) is 20.8 Å². The predicted molar refractivity (Wildman–Crippen MR) is 177 cm³/mol. The molecular weight excluding hydrogens is 633 g/mol. The van der Waals surface area contributed by atoms with E-state index >= 15 is 0 Å². The lowest BCUT2D eigenvalue weighted by Gasteiger charge is -2.26. The van der Waals surface area contributed by atoms with Gasteiger partial charge in [0.05, 0.1) is 25.5 Å². The molecule has 0 saturated carbocycles. The predicted octanol–water partition coefficient (Wildman–Crippen LogP) is 2.32. The number of aromatic nitrogens is 2. The number of hydrogen-bond donors (Lipinski definition) is 5. The summed E-state index contributed by atoms with van der Waals surface area (Å²) in [5, 5.41) is 12.0. The maximum atomic E-state index is 13.6. The summed E-state index contributed by atoms with van der Waals surface area (Å²) in [6, 6.07) is 15.6. The second-order valence-corrected chi connectivity index (χ2v) is 11.1. The minimum atomic E-state index is -0.833. The van der Waals surface area contributed by atoms with E-state index in [0.717, 1.165) is 12.0 Å². The summed E-state index contributed by atoms with van der Waals surface area (Å²) >= 11 is 0. The first-order chi connectivity index (χ1) is 21.5. The van der Waals surface area contributed by atoms with Crippen LogP contribution in [-0.4, -0.2) is 83.4 Å². The Kier molecular flexibility index (Phi) is 14.3. The molecule has 46 heavy (non-hydrogen) atoms. The summed E-state index contributed by atoms with van der Waals surface area (Å²) in [5.41, 5.74) is 2.19. The van der Waals surface area contributed by atoms with Gasteiger partial charge in [-0.25, -0.2) is 4.98 Å². The third kappa shape index (κ3) is 10.2. The van der Waals surface area contributed by atoms with Crippen molar-refractivity contribution in [2.45, 2.75) is 50.2 Å². The van der Waals surface area contributed by atoms with Crippen molar-refractivity contribution < 1.29 is 23.9 Å². The molecule has 248 valence electrons. The number of aromatic amines is 1. The van der Waals surface area contributed by atoms with Gasteiger partial charge in [0.25, 0.3) is 5.91 Å². The van der Waals surface area contributed by atoms with Gasteiger partial charge < -0.3 is 30.6 Å². The Balaban J connectivity index is 0.00000288. The smallest absolute Gasteiger partial charge is 0.252 e. The summed E-state index contributed by atoms with van der Waals surface area (Å²) in [7, 11) is 0. The summed E-state index contributed by atoms with van der Waals surface area (Å²) in [4.78, 5) is 61.3. The van der Waals surface area contributed by atoms with Gasteiger partial charge in [0, 0.05) is 43.0 Å². The van der Waals surface area contributed by atoms with Gasteiger partial charge in [0.15, 0.2) is 0 Å². The molecule has 2 aliphatic rings. The molecule has 14 heteroatoms. The van der Waals surface area contributed by atoms with E-state index < -0.39 is 11.9 Å². The van der Waals surface area contributed by atoms with Crippen LogP contribution in [0.2, 0.25) is 0 Å². The molecule has 3 atom stereocenters. The highest BCUT2D eigenvalue weighted by Crippen LogP contribution is 2.27. The standard InChI is InChI=1S/C32H39N7O5.2ClH/c40-29-20-39(32(43)27-12-11-26(37-27)22-7-2-1-3-8-22)15-5-4-13-35-31(42)28(18-24-19-33-21-36-24)38-30(41)23-9-6-10-25(17-23)44-16-14-34-29;;/h1-3,6-10,17,19,21,26-28,37H,4-5,11-16,18,20H2,(H,33,36)(H,34,40)(H,35,42)(H,38,41);2*1H/t26-,27-,28?;;/m1../s1. The van der Waals surface area contributed by atoms with Gasteiger partial charge in [-0.15, -0.1) is 24.8 Å². The van der Waals surface area contributed by atoms with E-state index in [9.17, 15) is 19.2 Å². The number of H-pyrrole nitrogens is 1. The number of ether oxygens (including phenoxy) is 1. The van der Waals surface area contributed by atoms with Crippen molar-refractivity contribution in [2.75, 3.05) is 32.8 Å². The molecule has 12 nitrogen and oxygen atoms in total. The topological polar surface area (TPSA) is 158 Å². The number of fused-ring (bicyclic) bond motifs is 2. The fourth-order valence-corrected chi connectivity index (χ4v) is 5.52. The lowest BCUT2D eigenvalue weighted by atomic mass is 10.1. The highest BCUT2D eigenvalue weighted by atomic mass is 35.5. The Bertz CT molecular complexity index is 1430. The van der Waals surface area contributed by atoms with Gasteiger partial charge in [0.1, 0.15) is 18.4 Å². The molecule has 1 saturated heterocycles.